The molecule has 1 amide bonds. The second-order valence-corrected chi connectivity index (χ2v) is 6.75. The number of anilines is 1. The van der Waals surface area contributed by atoms with Crippen molar-refractivity contribution in [3.05, 3.63) is 70.3 Å². The topological polar surface area (TPSA) is 56.1 Å². The van der Waals surface area contributed by atoms with Gasteiger partial charge in [0.05, 0.1) is 18.5 Å². The van der Waals surface area contributed by atoms with Crippen LogP contribution in [0.1, 0.15) is 28.2 Å². The molecule has 3 aromatic rings. The molecule has 1 aromatic heterocycles. The van der Waals surface area contributed by atoms with E-state index in [0.29, 0.717) is 22.2 Å². The van der Waals surface area contributed by atoms with Crippen LogP contribution in [-0.4, -0.2) is 22.8 Å². The number of hydrogen-bond donors (Lipinski definition) is 1. The van der Waals surface area contributed by atoms with Gasteiger partial charge in [-0.3, -0.25) is 4.79 Å². The average Bonchev–Trinajstić information content (AvgIpc) is 3.25. The van der Waals surface area contributed by atoms with E-state index in [1.165, 1.54) is 19.2 Å². The molecule has 0 saturated carbocycles. The molecule has 0 unspecified atom stereocenters. The Balaban J connectivity index is 1.70. The van der Waals surface area contributed by atoms with Crippen molar-refractivity contribution >= 4 is 23.2 Å². The fourth-order valence-electron chi connectivity index (χ4n) is 3.38. The Labute approximate surface area is 160 Å². The van der Waals surface area contributed by atoms with Gasteiger partial charge in [-0.05, 0) is 61.7 Å². The van der Waals surface area contributed by atoms with Crippen LogP contribution in [0.5, 0.6) is 5.75 Å². The molecular weight excluding hydrogens is 369 g/mol. The highest BCUT2D eigenvalue weighted by Crippen LogP contribution is 2.31. The Bertz CT molecular complexity index is 1010. The van der Waals surface area contributed by atoms with E-state index >= 15 is 0 Å². The van der Waals surface area contributed by atoms with E-state index in [4.69, 9.17) is 16.3 Å². The summed E-state index contributed by atoms with van der Waals surface area (Å²) >= 11 is 6.04. The average molecular weight is 386 g/mol. The van der Waals surface area contributed by atoms with Crippen LogP contribution in [0.25, 0.3) is 5.69 Å². The molecule has 0 fully saturated rings. The SMILES string of the molecule is COc1ccc(Cl)cc1NC(=O)c1nn(-c2ccc(F)cc2)c2c1CCC2. The molecule has 0 atom stereocenters. The summed E-state index contributed by atoms with van der Waals surface area (Å²) in [7, 11) is 1.53. The maximum absolute atomic E-state index is 13.2. The number of benzene rings is 2. The maximum atomic E-state index is 13.2. The van der Waals surface area contributed by atoms with E-state index in [1.807, 2.05) is 0 Å². The van der Waals surface area contributed by atoms with Crippen molar-refractivity contribution in [2.24, 2.45) is 0 Å². The highest BCUT2D eigenvalue weighted by molar-refractivity contribution is 6.31. The van der Waals surface area contributed by atoms with Crippen molar-refractivity contribution in [2.45, 2.75) is 19.3 Å². The van der Waals surface area contributed by atoms with Crippen molar-refractivity contribution in [2.75, 3.05) is 12.4 Å². The number of nitrogens with one attached hydrogen (secondary N) is 1. The van der Waals surface area contributed by atoms with E-state index in [-0.39, 0.29) is 11.7 Å². The molecular formula is C20H17ClFN3O2. The number of carbonyl (C=O) groups excluding carboxylic acids is 1. The van der Waals surface area contributed by atoms with Crippen molar-refractivity contribution in [1.29, 1.82) is 0 Å². The third kappa shape index (κ3) is 3.28. The van der Waals surface area contributed by atoms with Crippen LogP contribution in [0.3, 0.4) is 0 Å². The lowest BCUT2D eigenvalue weighted by Gasteiger charge is -2.10. The zero-order valence-electron chi connectivity index (χ0n) is 14.6. The minimum atomic E-state index is -0.324. The summed E-state index contributed by atoms with van der Waals surface area (Å²) in [6, 6.07) is 11.1. The van der Waals surface area contributed by atoms with Gasteiger partial charge in [0.15, 0.2) is 5.69 Å². The molecule has 0 aliphatic heterocycles. The molecule has 1 N–H and O–H groups in total. The van der Waals surface area contributed by atoms with Gasteiger partial charge in [-0.25, -0.2) is 9.07 Å². The monoisotopic (exact) mass is 385 g/mol. The first kappa shape index (κ1) is 17.5. The van der Waals surface area contributed by atoms with E-state index in [1.54, 1.807) is 35.0 Å². The van der Waals surface area contributed by atoms with Gasteiger partial charge >= 0.3 is 0 Å². The van der Waals surface area contributed by atoms with Crippen molar-refractivity contribution in [3.63, 3.8) is 0 Å². The molecule has 0 bridgehead atoms. The molecule has 1 aliphatic carbocycles. The first-order valence-electron chi connectivity index (χ1n) is 8.58. The van der Waals surface area contributed by atoms with Crippen LogP contribution in [0.2, 0.25) is 5.02 Å². The molecule has 4 rings (SSSR count). The second kappa shape index (κ2) is 7.04. The second-order valence-electron chi connectivity index (χ2n) is 6.31. The first-order chi connectivity index (χ1) is 13.1. The van der Waals surface area contributed by atoms with Crippen molar-refractivity contribution in [3.8, 4) is 11.4 Å². The van der Waals surface area contributed by atoms with Crippen LogP contribution < -0.4 is 10.1 Å². The number of halogens is 2. The van der Waals surface area contributed by atoms with Crippen LogP contribution in [0.4, 0.5) is 10.1 Å². The number of fused-ring (bicyclic) bond motifs is 1. The predicted octanol–water partition coefficient (Wildman–Crippen LogP) is 4.41. The Hall–Kier alpha value is -2.86. The minimum absolute atomic E-state index is 0.312. The standard InChI is InChI=1S/C20H17ClFN3O2/c1-27-18-10-5-12(21)11-16(18)23-20(26)19-15-3-2-4-17(15)25(24-19)14-8-6-13(22)7-9-14/h5-11H,2-4H2,1H3,(H,23,26). The summed E-state index contributed by atoms with van der Waals surface area (Å²) in [6.45, 7) is 0. The normalized spacial score (nSPS) is 12.7. The first-order valence-corrected chi connectivity index (χ1v) is 8.96. The third-order valence-electron chi connectivity index (χ3n) is 4.63. The number of aromatic nitrogens is 2. The molecule has 0 saturated heterocycles. The highest BCUT2D eigenvalue weighted by Gasteiger charge is 2.27. The Morgan fingerprint density at radius 3 is 2.74 bits per heavy atom. The lowest BCUT2D eigenvalue weighted by atomic mass is 10.2. The fraction of sp³-hybridized carbons (Fsp3) is 0.200. The highest BCUT2D eigenvalue weighted by atomic mass is 35.5. The van der Waals surface area contributed by atoms with Crippen LogP contribution in [-0.2, 0) is 12.8 Å². The quantitative estimate of drug-likeness (QED) is 0.723. The predicted molar refractivity (Wildman–Crippen MR) is 102 cm³/mol. The lowest BCUT2D eigenvalue weighted by molar-refractivity contribution is 0.102. The number of nitrogens with zero attached hydrogens (tertiary/aromatic N) is 2. The number of ether oxygens (including phenoxy) is 1. The lowest BCUT2D eigenvalue weighted by Crippen LogP contribution is -2.15. The largest absolute Gasteiger partial charge is 0.495 e. The molecule has 27 heavy (non-hydrogen) atoms. The summed E-state index contributed by atoms with van der Waals surface area (Å²) in [5, 5.41) is 7.85. The molecule has 0 spiro atoms. The zero-order valence-corrected chi connectivity index (χ0v) is 15.4. The van der Waals surface area contributed by atoms with Gasteiger partial charge in [-0.1, -0.05) is 11.6 Å². The summed E-state index contributed by atoms with van der Waals surface area (Å²) < 4.78 is 20.2. The Morgan fingerprint density at radius 2 is 2.00 bits per heavy atom. The number of methoxy groups -OCH3 is 1. The van der Waals surface area contributed by atoms with Gasteiger partial charge < -0.3 is 10.1 Å². The maximum Gasteiger partial charge on any atom is 0.276 e. The van der Waals surface area contributed by atoms with Gasteiger partial charge in [0.1, 0.15) is 11.6 Å². The summed E-state index contributed by atoms with van der Waals surface area (Å²) in [5.74, 6) is -0.120. The van der Waals surface area contributed by atoms with E-state index in [2.05, 4.69) is 10.4 Å². The number of carbonyl (C=O) groups is 1. The molecule has 1 heterocycles. The van der Waals surface area contributed by atoms with E-state index in [0.717, 1.165) is 36.2 Å². The van der Waals surface area contributed by atoms with Crippen LogP contribution in [0, 0.1) is 5.82 Å². The summed E-state index contributed by atoms with van der Waals surface area (Å²) in [6.07, 6.45) is 2.56. The Morgan fingerprint density at radius 1 is 1.22 bits per heavy atom. The molecule has 2 aromatic carbocycles. The molecule has 0 radical (unpaired) electrons. The van der Waals surface area contributed by atoms with E-state index < -0.39 is 0 Å². The number of rotatable bonds is 4. The smallest absolute Gasteiger partial charge is 0.276 e. The van der Waals surface area contributed by atoms with Crippen LogP contribution >= 0.6 is 11.6 Å². The van der Waals surface area contributed by atoms with Gasteiger partial charge in [-0.15, -0.1) is 0 Å². The molecule has 1 aliphatic rings. The van der Waals surface area contributed by atoms with Gasteiger partial charge in [0, 0.05) is 16.3 Å². The van der Waals surface area contributed by atoms with Gasteiger partial charge in [0.25, 0.3) is 5.91 Å². The minimum Gasteiger partial charge on any atom is -0.495 e. The summed E-state index contributed by atoms with van der Waals surface area (Å²) in [5.41, 5.74) is 3.50. The Kier molecular flexibility index (Phi) is 4.58. The zero-order chi connectivity index (χ0) is 19.0. The van der Waals surface area contributed by atoms with Gasteiger partial charge in [-0.2, -0.15) is 5.10 Å². The van der Waals surface area contributed by atoms with Crippen molar-refractivity contribution in [1.82, 2.24) is 9.78 Å². The van der Waals surface area contributed by atoms with Crippen LogP contribution in [0.15, 0.2) is 42.5 Å². The van der Waals surface area contributed by atoms with Crippen molar-refractivity contribution < 1.29 is 13.9 Å². The van der Waals surface area contributed by atoms with Gasteiger partial charge in [0.2, 0.25) is 0 Å². The molecule has 138 valence electrons. The van der Waals surface area contributed by atoms with E-state index in [9.17, 15) is 9.18 Å². The third-order valence-corrected chi connectivity index (χ3v) is 4.86. The fourth-order valence-corrected chi connectivity index (χ4v) is 3.55. The molecule has 5 nitrogen and oxygen atoms in total. The summed E-state index contributed by atoms with van der Waals surface area (Å²) in [4.78, 5) is 12.9. The number of hydrogen-bond acceptors (Lipinski definition) is 3. The number of amides is 1. The molecule has 7 heteroatoms.